The van der Waals surface area contributed by atoms with Crippen molar-refractivity contribution in [3.05, 3.63) is 0 Å². The third-order valence-corrected chi connectivity index (χ3v) is 2.93. The summed E-state index contributed by atoms with van der Waals surface area (Å²) in [6.07, 6.45) is 1.30. The van der Waals surface area contributed by atoms with Gasteiger partial charge in [-0.25, -0.2) is 0 Å². The van der Waals surface area contributed by atoms with E-state index in [0.29, 0.717) is 6.54 Å². The van der Waals surface area contributed by atoms with Crippen LogP contribution in [0.2, 0.25) is 0 Å². The van der Waals surface area contributed by atoms with Gasteiger partial charge in [-0.3, -0.25) is 4.79 Å². The predicted molar refractivity (Wildman–Crippen MR) is 62.1 cm³/mol. The quantitative estimate of drug-likeness (QED) is 0.790. The fraction of sp³-hybridized carbons (Fsp3) is 0.917. The van der Waals surface area contributed by atoms with E-state index >= 15 is 0 Å². The Balaban J connectivity index is 2.49. The number of ether oxygens (including phenoxy) is 1. The van der Waals surface area contributed by atoms with Gasteiger partial charge in [0, 0.05) is 12.6 Å². The van der Waals surface area contributed by atoms with E-state index in [0.717, 1.165) is 12.8 Å². The number of hydrogen-bond donors (Lipinski definition) is 1. The zero-order valence-electron chi connectivity index (χ0n) is 10.6. The maximum Gasteiger partial charge on any atom is 0.251 e. The fourth-order valence-electron chi connectivity index (χ4n) is 2.20. The largest absolute Gasteiger partial charge is 0.384 e. The number of carbonyl (C=O) groups excluding carboxylic acids is 1. The molecule has 1 N–H and O–H groups in total. The van der Waals surface area contributed by atoms with Gasteiger partial charge in [-0.2, -0.15) is 0 Å². The highest BCUT2D eigenvalue weighted by molar-refractivity contribution is 5.80. The Morgan fingerprint density at radius 1 is 1.44 bits per heavy atom. The lowest BCUT2D eigenvalue weighted by Crippen LogP contribution is -2.50. The summed E-state index contributed by atoms with van der Waals surface area (Å²) >= 11 is 0. The van der Waals surface area contributed by atoms with Gasteiger partial charge in [0.15, 0.2) is 0 Å². The number of piperidine rings is 1. The van der Waals surface area contributed by atoms with Gasteiger partial charge in [-0.05, 0) is 40.5 Å². The lowest BCUT2D eigenvalue weighted by Gasteiger charge is -2.38. The van der Waals surface area contributed by atoms with Gasteiger partial charge in [0.1, 0.15) is 6.10 Å². The summed E-state index contributed by atoms with van der Waals surface area (Å²) in [7, 11) is 0. The van der Waals surface area contributed by atoms with E-state index in [4.69, 9.17) is 4.74 Å². The van der Waals surface area contributed by atoms with Gasteiger partial charge in [0.25, 0.3) is 5.91 Å². The lowest BCUT2D eigenvalue weighted by atomic mass is 10.00. The first-order valence-electron chi connectivity index (χ1n) is 6.05. The minimum absolute atomic E-state index is 0.152. The first-order chi connectivity index (χ1) is 7.41. The Hall–Kier alpha value is -0.610. The highest BCUT2D eigenvalue weighted by Crippen LogP contribution is 2.21. The first kappa shape index (κ1) is 13.5. The molecule has 1 heterocycles. The van der Waals surface area contributed by atoms with Gasteiger partial charge in [0.2, 0.25) is 0 Å². The van der Waals surface area contributed by atoms with E-state index in [9.17, 15) is 9.90 Å². The van der Waals surface area contributed by atoms with E-state index in [1.807, 2.05) is 20.8 Å². The van der Waals surface area contributed by atoms with Crippen LogP contribution in [0.25, 0.3) is 0 Å². The monoisotopic (exact) mass is 229 g/mol. The molecule has 1 aliphatic heterocycles. The molecular weight excluding hydrogens is 206 g/mol. The molecule has 0 bridgehead atoms. The number of carbonyl (C=O) groups is 1. The predicted octanol–water partition coefficient (Wildman–Crippen LogP) is 1.17. The summed E-state index contributed by atoms with van der Waals surface area (Å²) in [6, 6.07) is 0.152. The molecule has 1 aliphatic rings. The van der Waals surface area contributed by atoms with Crippen LogP contribution in [-0.2, 0) is 9.53 Å². The molecule has 4 heteroatoms. The molecule has 1 amide bonds. The smallest absolute Gasteiger partial charge is 0.251 e. The van der Waals surface area contributed by atoms with E-state index in [1.165, 1.54) is 6.92 Å². The molecule has 1 fully saturated rings. The Kier molecular flexibility index (Phi) is 4.74. The Labute approximate surface area is 97.6 Å². The molecule has 0 radical (unpaired) electrons. The van der Waals surface area contributed by atoms with Crippen molar-refractivity contribution in [1.82, 2.24) is 4.90 Å². The molecule has 1 rings (SSSR count). The summed E-state index contributed by atoms with van der Waals surface area (Å²) in [6.45, 7) is 8.26. The van der Waals surface area contributed by atoms with E-state index < -0.39 is 6.10 Å². The van der Waals surface area contributed by atoms with Crippen LogP contribution in [0.15, 0.2) is 0 Å². The normalized spacial score (nSPS) is 28.2. The number of rotatable bonds is 3. The van der Waals surface area contributed by atoms with Crippen LogP contribution < -0.4 is 0 Å². The summed E-state index contributed by atoms with van der Waals surface area (Å²) in [5.74, 6) is -0.171. The molecule has 1 saturated heterocycles. The van der Waals surface area contributed by atoms with Crippen molar-refractivity contribution >= 4 is 5.91 Å². The zero-order chi connectivity index (χ0) is 12.3. The summed E-state index contributed by atoms with van der Waals surface area (Å²) in [5, 5.41) is 9.28. The first-order valence-corrected chi connectivity index (χ1v) is 6.05. The van der Waals surface area contributed by atoms with Gasteiger partial charge >= 0.3 is 0 Å². The lowest BCUT2D eigenvalue weighted by molar-refractivity contribution is -0.145. The summed E-state index contributed by atoms with van der Waals surface area (Å²) in [4.78, 5) is 13.4. The number of amides is 1. The summed E-state index contributed by atoms with van der Waals surface area (Å²) < 4.78 is 5.75. The van der Waals surface area contributed by atoms with Crippen LogP contribution in [0.4, 0.5) is 0 Å². The molecule has 0 aliphatic carbocycles. The number of nitrogens with zero attached hydrogens (tertiary/aromatic N) is 1. The fourth-order valence-corrected chi connectivity index (χ4v) is 2.20. The van der Waals surface area contributed by atoms with Crippen molar-refractivity contribution in [1.29, 1.82) is 0 Å². The molecule has 0 aromatic carbocycles. The van der Waals surface area contributed by atoms with Crippen molar-refractivity contribution in [2.24, 2.45) is 0 Å². The van der Waals surface area contributed by atoms with Gasteiger partial charge in [0.05, 0.1) is 12.2 Å². The highest BCUT2D eigenvalue weighted by Gasteiger charge is 2.31. The molecule has 3 atom stereocenters. The highest BCUT2D eigenvalue weighted by atomic mass is 16.5. The van der Waals surface area contributed by atoms with Crippen LogP contribution >= 0.6 is 0 Å². The minimum Gasteiger partial charge on any atom is -0.384 e. The molecule has 0 saturated carbocycles. The SMILES string of the molecule is CC(C)O[C@H]1CCN(C(=O)[C@@H](C)O)[C@@H](C)C1. The minimum atomic E-state index is -0.898. The molecule has 94 valence electrons. The van der Waals surface area contributed by atoms with E-state index in [-0.39, 0.29) is 24.2 Å². The maximum absolute atomic E-state index is 11.7. The van der Waals surface area contributed by atoms with E-state index in [1.54, 1.807) is 4.90 Å². The average molecular weight is 229 g/mol. The van der Waals surface area contributed by atoms with Crippen LogP contribution in [0.1, 0.15) is 40.5 Å². The topological polar surface area (TPSA) is 49.8 Å². The second kappa shape index (κ2) is 5.64. The van der Waals surface area contributed by atoms with Crippen LogP contribution in [-0.4, -0.2) is 46.8 Å². The molecular formula is C12H23NO3. The molecule has 4 nitrogen and oxygen atoms in total. The van der Waals surface area contributed by atoms with Crippen molar-refractivity contribution in [2.75, 3.05) is 6.54 Å². The third kappa shape index (κ3) is 3.46. The van der Waals surface area contributed by atoms with Gasteiger partial charge in [-0.1, -0.05) is 0 Å². The van der Waals surface area contributed by atoms with Gasteiger partial charge < -0.3 is 14.7 Å². The second-order valence-electron chi connectivity index (χ2n) is 4.89. The molecule has 0 aromatic heterocycles. The number of aliphatic hydroxyl groups excluding tert-OH is 1. The Bertz CT molecular complexity index is 240. The molecule has 0 aromatic rings. The second-order valence-corrected chi connectivity index (χ2v) is 4.89. The number of hydrogen-bond acceptors (Lipinski definition) is 3. The molecule has 16 heavy (non-hydrogen) atoms. The van der Waals surface area contributed by atoms with Crippen LogP contribution in [0, 0.1) is 0 Å². The molecule has 0 unspecified atom stereocenters. The van der Waals surface area contributed by atoms with Crippen LogP contribution in [0.3, 0.4) is 0 Å². The standard InChI is InChI=1S/C12H23NO3/c1-8(2)16-11-5-6-13(9(3)7-11)12(15)10(4)14/h8-11,14H,5-7H2,1-4H3/t9-,10+,11-/m0/s1. The number of likely N-dealkylation sites (tertiary alicyclic amines) is 1. The average Bonchev–Trinajstić information content (AvgIpc) is 2.15. The van der Waals surface area contributed by atoms with E-state index in [2.05, 4.69) is 0 Å². The zero-order valence-corrected chi connectivity index (χ0v) is 10.6. The summed E-state index contributed by atoms with van der Waals surface area (Å²) in [5.41, 5.74) is 0. The Morgan fingerprint density at radius 2 is 2.06 bits per heavy atom. The van der Waals surface area contributed by atoms with Crippen molar-refractivity contribution in [3.8, 4) is 0 Å². The van der Waals surface area contributed by atoms with Gasteiger partial charge in [-0.15, -0.1) is 0 Å². The van der Waals surface area contributed by atoms with Crippen LogP contribution in [0.5, 0.6) is 0 Å². The van der Waals surface area contributed by atoms with Crippen molar-refractivity contribution in [2.45, 2.75) is 64.9 Å². The van der Waals surface area contributed by atoms with Crippen molar-refractivity contribution in [3.63, 3.8) is 0 Å². The van der Waals surface area contributed by atoms with Crippen molar-refractivity contribution < 1.29 is 14.6 Å². The molecule has 0 spiro atoms. The third-order valence-electron chi connectivity index (χ3n) is 2.93. The maximum atomic E-state index is 11.7. The number of aliphatic hydroxyl groups is 1. The Morgan fingerprint density at radius 3 is 2.50 bits per heavy atom.